The van der Waals surface area contributed by atoms with Crippen LogP contribution in [-0.2, 0) is 18.3 Å². The number of carbonyl (C=O) groups is 1. The standard InChI is InChI=1S/C13H17N3O3/c1-15(2)12(17)9(14)6-8-4-5-10-11(7-8)19-13(18)16(10)3/h4-5,7,9H,6,14H2,1-3H3. The zero-order valence-corrected chi connectivity index (χ0v) is 11.2. The minimum absolute atomic E-state index is 0.130. The summed E-state index contributed by atoms with van der Waals surface area (Å²) in [6, 6.07) is 4.80. The van der Waals surface area contributed by atoms with Gasteiger partial charge in [0.2, 0.25) is 5.91 Å². The molecule has 0 saturated heterocycles. The van der Waals surface area contributed by atoms with Gasteiger partial charge in [-0.05, 0) is 24.1 Å². The van der Waals surface area contributed by atoms with E-state index in [0.717, 1.165) is 11.1 Å². The Balaban J connectivity index is 2.27. The molecule has 2 rings (SSSR count). The maximum absolute atomic E-state index is 11.7. The number of aromatic nitrogens is 1. The van der Waals surface area contributed by atoms with Crippen molar-refractivity contribution >= 4 is 17.0 Å². The second-order valence-corrected chi connectivity index (χ2v) is 4.77. The molecule has 0 aliphatic rings. The first-order valence-electron chi connectivity index (χ1n) is 5.95. The molecular weight excluding hydrogens is 246 g/mol. The van der Waals surface area contributed by atoms with Gasteiger partial charge >= 0.3 is 5.76 Å². The van der Waals surface area contributed by atoms with E-state index in [1.165, 1.54) is 9.47 Å². The van der Waals surface area contributed by atoms with Crippen LogP contribution in [0.1, 0.15) is 5.56 Å². The van der Waals surface area contributed by atoms with Gasteiger partial charge in [0.05, 0.1) is 11.6 Å². The molecule has 1 atom stereocenters. The van der Waals surface area contributed by atoms with Crippen LogP contribution in [0.5, 0.6) is 0 Å². The van der Waals surface area contributed by atoms with Crippen LogP contribution < -0.4 is 11.5 Å². The highest BCUT2D eigenvalue weighted by atomic mass is 16.4. The van der Waals surface area contributed by atoms with Crippen LogP contribution in [0.15, 0.2) is 27.4 Å². The van der Waals surface area contributed by atoms with Crippen molar-refractivity contribution in [1.29, 1.82) is 0 Å². The van der Waals surface area contributed by atoms with E-state index in [1.54, 1.807) is 33.3 Å². The number of nitrogens with two attached hydrogens (primary N) is 1. The van der Waals surface area contributed by atoms with Crippen molar-refractivity contribution in [1.82, 2.24) is 9.47 Å². The van der Waals surface area contributed by atoms with Crippen LogP contribution in [0, 0.1) is 0 Å². The molecule has 6 nitrogen and oxygen atoms in total. The molecule has 0 aliphatic heterocycles. The van der Waals surface area contributed by atoms with E-state index in [1.807, 2.05) is 6.07 Å². The number of aryl methyl sites for hydroxylation is 1. The van der Waals surface area contributed by atoms with Crippen LogP contribution in [0.3, 0.4) is 0 Å². The van der Waals surface area contributed by atoms with Crippen molar-refractivity contribution in [2.75, 3.05) is 14.1 Å². The molecule has 2 aromatic rings. The molecule has 1 amide bonds. The monoisotopic (exact) mass is 263 g/mol. The number of hydrogen-bond acceptors (Lipinski definition) is 4. The van der Waals surface area contributed by atoms with Gasteiger partial charge in [-0.15, -0.1) is 0 Å². The largest absolute Gasteiger partial charge is 0.419 e. The number of likely N-dealkylation sites (N-methyl/N-ethyl adjacent to an activating group) is 1. The summed E-state index contributed by atoms with van der Waals surface area (Å²) in [4.78, 5) is 24.5. The molecule has 0 saturated carbocycles. The lowest BCUT2D eigenvalue weighted by molar-refractivity contribution is -0.130. The average Bonchev–Trinajstić information content (AvgIpc) is 2.63. The van der Waals surface area contributed by atoms with Gasteiger partial charge in [-0.1, -0.05) is 6.07 Å². The van der Waals surface area contributed by atoms with E-state index in [0.29, 0.717) is 12.0 Å². The summed E-state index contributed by atoms with van der Waals surface area (Å²) >= 11 is 0. The van der Waals surface area contributed by atoms with Gasteiger partial charge < -0.3 is 15.1 Å². The number of nitrogens with zero attached hydrogens (tertiary/aromatic N) is 2. The molecule has 0 fully saturated rings. The van der Waals surface area contributed by atoms with Crippen molar-refractivity contribution in [3.8, 4) is 0 Å². The number of benzene rings is 1. The van der Waals surface area contributed by atoms with Gasteiger partial charge in [0.15, 0.2) is 5.58 Å². The lowest BCUT2D eigenvalue weighted by Gasteiger charge is -2.16. The number of fused-ring (bicyclic) bond motifs is 1. The Hall–Kier alpha value is -2.08. The molecule has 102 valence electrons. The fourth-order valence-electron chi connectivity index (χ4n) is 1.98. The third-order valence-electron chi connectivity index (χ3n) is 3.07. The predicted octanol–water partition coefficient (Wildman–Crippen LogP) is 0.0895. The first kappa shape index (κ1) is 13.4. The minimum Gasteiger partial charge on any atom is -0.408 e. The highest BCUT2D eigenvalue weighted by molar-refractivity contribution is 5.81. The molecule has 2 N–H and O–H groups in total. The van der Waals surface area contributed by atoms with Crippen molar-refractivity contribution in [2.24, 2.45) is 12.8 Å². The molecule has 1 aromatic carbocycles. The van der Waals surface area contributed by atoms with Gasteiger partial charge in [-0.25, -0.2) is 4.79 Å². The van der Waals surface area contributed by atoms with Crippen molar-refractivity contribution in [3.05, 3.63) is 34.3 Å². The maximum Gasteiger partial charge on any atom is 0.419 e. The fraction of sp³-hybridized carbons (Fsp3) is 0.385. The van der Waals surface area contributed by atoms with Crippen LogP contribution in [-0.4, -0.2) is 35.5 Å². The average molecular weight is 263 g/mol. The Kier molecular flexibility index (Phi) is 3.44. The molecule has 1 heterocycles. The molecule has 0 bridgehead atoms. The number of hydrogen-bond donors (Lipinski definition) is 1. The third-order valence-corrected chi connectivity index (χ3v) is 3.07. The molecule has 1 aromatic heterocycles. The summed E-state index contributed by atoms with van der Waals surface area (Å²) in [6.45, 7) is 0. The normalized spacial score (nSPS) is 12.6. The Morgan fingerprint density at radius 1 is 1.47 bits per heavy atom. The van der Waals surface area contributed by atoms with E-state index in [9.17, 15) is 9.59 Å². The third kappa shape index (κ3) is 2.53. The van der Waals surface area contributed by atoms with Crippen molar-refractivity contribution < 1.29 is 9.21 Å². The lowest BCUT2D eigenvalue weighted by atomic mass is 10.1. The van der Waals surface area contributed by atoms with Gasteiger partial charge in [-0.3, -0.25) is 9.36 Å². The van der Waals surface area contributed by atoms with Gasteiger partial charge in [0.25, 0.3) is 0 Å². The van der Waals surface area contributed by atoms with E-state index >= 15 is 0 Å². The highest BCUT2D eigenvalue weighted by Crippen LogP contribution is 2.15. The molecule has 6 heteroatoms. The van der Waals surface area contributed by atoms with Crippen LogP contribution in [0.25, 0.3) is 11.1 Å². The number of amides is 1. The topological polar surface area (TPSA) is 81.5 Å². The number of rotatable bonds is 3. The fourth-order valence-corrected chi connectivity index (χ4v) is 1.98. The van der Waals surface area contributed by atoms with Crippen LogP contribution in [0.2, 0.25) is 0 Å². The van der Waals surface area contributed by atoms with E-state index < -0.39 is 11.8 Å². The van der Waals surface area contributed by atoms with E-state index in [4.69, 9.17) is 10.2 Å². The summed E-state index contributed by atoms with van der Waals surface area (Å²) in [5.74, 6) is -0.532. The highest BCUT2D eigenvalue weighted by Gasteiger charge is 2.16. The van der Waals surface area contributed by atoms with Gasteiger partial charge in [0.1, 0.15) is 0 Å². The van der Waals surface area contributed by atoms with E-state index in [2.05, 4.69) is 0 Å². The zero-order chi connectivity index (χ0) is 14.2. The quantitative estimate of drug-likeness (QED) is 0.851. The smallest absolute Gasteiger partial charge is 0.408 e. The maximum atomic E-state index is 11.7. The second-order valence-electron chi connectivity index (χ2n) is 4.77. The van der Waals surface area contributed by atoms with Crippen molar-refractivity contribution in [3.63, 3.8) is 0 Å². The van der Waals surface area contributed by atoms with Gasteiger partial charge in [-0.2, -0.15) is 0 Å². The van der Waals surface area contributed by atoms with Crippen LogP contribution in [0.4, 0.5) is 0 Å². The van der Waals surface area contributed by atoms with Gasteiger partial charge in [0, 0.05) is 21.1 Å². The molecule has 0 radical (unpaired) electrons. The SMILES string of the molecule is CN(C)C(=O)C(N)Cc1ccc2c(c1)oc(=O)n2C. The first-order chi connectivity index (χ1) is 8.90. The Bertz CT molecular complexity index is 669. The molecule has 1 unspecified atom stereocenters. The molecule has 0 aliphatic carbocycles. The van der Waals surface area contributed by atoms with Crippen molar-refractivity contribution in [2.45, 2.75) is 12.5 Å². The summed E-state index contributed by atoms with van der Waals surface area (Å²) in [7, 11) is 4.98. The molecule has 19 heavy (non-hydrogen) atoms. The summed E-state index contributed by atoms with van der Waals surface area (Å²) < 4.78 is 6.53. The number of oxazole rings is 1. The summed E-state index contributed by atoms with van der Waals surface area (Å²) in [6.07, 6.45) is 0.408. The summed E-state index contributed by atoms with van der Waals surface area (Å²) in [5, 5.41) is 0. The molecule has 0 spiro atoms. The number of carbonyl (C=O) groups excluding carboxylic acids is 1. The Morgan fingerprint density at radius 3 is 2.79 bits per heavy atom. The Labute approximate surface area is 110 Å². The first-order valence-corrected chi connectivity index (χ1v) is 5.95. The second kappa shape index (κ2) is 4.89. The minimum atomic E-state index is -0.595. The summed E-state index contributed by atoms with van der Waals surface area (Å²) in [5.41, 5.74) is 7.94. The van der Waals surface area contributed by atoms with Crippen LogP contribution >= 0.6 is 0 Å². The lowest BCUT2D eigenvalue weighted by Crippen LogP contribution is -2.41. The predicted molar refractivity (Wildman–Crippen MR) is 71.8 cm³/mol. The zero-order valence-electron chi connectivity index (χ0n) is 11.2. The Morgan fingerprint density at radius 2 is 2.16 bits per heavy atom. The molecular formula is C13H17N3O3. The van der Waals surface area contributed by atoms with E-state index in [-0.39, 0.29) is 5.91 Å².